The predicted octanol–water partition coefficient (Wildman–Crippen LogP) is -1.11. The van der Waals surface area contributed by atoms with Crippen molar-refractivity contribution in [3.8, 4) is 0 Å². The van der Waals surface area contributed by atoms with Gasteiger partial charge in [-0.3, -0.25) is 0 Å². The predicted molar refractivity (Wildman–Crippen MR) is 52.2 cm³/mol. The Kier molecular flexibility index (Phi) is 9.18. The maximum atomic E-state index is 8.36. The van der Waals surface area contributed by atoms with Crippen molar-refractivity contribution in [2.24, 2.45) is 5.73 Å². The van der Waals surface area contributed by atoms with Crippen LogP contribution in [0, 0.1) is 0 Å². The molecule has 0 aromatic carbocycles. The minimum Gasteiger partial charge on any atom is -0.413 e. The minimum atomic E-state index is -1.39. The Morgan fingerprint density at radius 1 is 1.27 bits per heavy atom. The molecule has 0 rings (SSSR count). The fourth-order valence-corrected chi connectivity index (χ4v) is 2.17. The molecule has 0 amide bonds. The van der Waals surface area contributed by atoms with E-state index in [0.29, 0.717) is 13.1 Å². The van der Waals surface area contributed by atoms with Gasteiger partial charge >= 0.3 is 7.25 Å². The van der Waals surface area contributed by atoms with Crippen molar-refractivity contribution in [1.29, 1.82) is 0 Å². The maximum Gasteiger partial charge on any atom is 0.549 e. The molecule has 0 spiro atoms. The number of hydrogen-bond donors (Lipinski definition) is 4. The molecular weight excluding hydrogens is 183 g/mol. The van der Waals surface area contributed by atoms with Gasteiger partial charge in [-0.25, -0.2) is 0 Å². The first-order valence-corrected chi connectivity index (χ1v) is 5.80. The van der Waals surface area contributed by atoms with E-state index in [-0.39, 0.29) is 0 Å². The van der Waals surface area contributed by atoms with E-state index in [9.17, 15) is 0 Å². The molecule has 11 heavy (non-hydrogen) atoms. The Hall–Kier alpha value is 0.605. The molecule has 0 fully saturated rings. The van der Waals surface area contributed by atoms with Crippen molar-refractivity contribution < 1.29 is 10.0 Å². The van der Waals surface area contributed by atoms with Crippen LogP contribution in [-0.4, -0.2) is 41.9 Å². The van der Waals surface area contributed by atoms with Crippen molar-refractivity contribution >= 4 is 28.8 Å². The first-order chi connectivity index (χ1) is 5.27. The number of nitrogens with one attached hydrogen (secondary N) is 1. The molecule has 0 aliphatic rings. The molecule has 0 saturated carbocycles. The largest absolute Gasteiger partial charge is 0.549 e. The number of nitrogens with two attached hydrogens (primary N) is 1. The van der Waals surface area contributed by atoms with E-state index < -0.39 is 7.25 Å². The summed E-state index contributed by atoms with van der Waals surface area (Å²) < 4.78 is 0. The molecule has 0 aromatic rings. The van der Waals surface area contributed by atoms with Crippen molar-refractivity contribution in [2.75, 3.05) is 24.6 Å². The van der Waals surface area contributed by atoms with Gasteiger partial charge in [-0.2, -0.15) is 0 Å². The van der Waals surface area contributed by atoms with Crippen LogP contribution in [0.3, 0.4) is 0 Å². The zero-order chi connectivity index (χ0) is 8.53. The van der Waals surface area contributed by atoms with Gasteiger partial charge in [0.2, 0.25) is 0 Å². The van der Waals surface area contributed by atoms with Crippen LogP contribution in [0.2, 0.25) is 0 Å². The Bertz CT molecular complexity index is 88.5. The van der Waals surface area contributed by atoms with Gasteiger partial charge in [0, 0.05) is 18.1 Å². The Labute approximate surface area is 74.9 Å². The fraction of sp³-hybridized carbons (Fsp3) is 1.00. The van der Waals surface area contributed by atoms with Gasteiger partial charge in [-0.1, -0.05) is 21.6 Å². The first-order valence-electron chi connectivity index (χ1n) is 3.31. The molecule has 7 heteroatoms. The molecule has 0 aromatic heterocycles. The highest BCUT2D eigenvalue weighted by atomic mass is 33.1. The summed E-state index contributed by atoms with van der Waals surface area (Å²) in [5.41, 5.74) is 5.26. The molecule has 0 radical (unpaired) electrons. The van der Waals surface area contributed by atoms with Gasteiger partial charge < -0.3 is 21.0 Å². The van der Waals surface area contributed by atoms with Gasteiger partial charge in [0.1, 0.15) is 0 Å². The molecule has 0 heterocycles. The molecule has 0 saturated heterocycles. The highest BCUT2D eigenvalue weighted by molar-refractivity contribution is 8.76. The lowest BCUT2D eigenvalue weighted by molar-refractivity contribution is 0.388. The van der Waals surface area contributed by atoms with Crippen molar-refractivity contribution in [1.82, 2.24) is 5.23 Å². The molecule has 0 atom stereocenters. The van der Waals surface area contributed by atoms with Crippen LogP contribution in [0.15, 0.2) is 0 Å². The van der Waals surface area contributed by atoms with Gasteiger partial charge in [-0.15, -0.1) is 0 Å². The van der Waals surface area contributed by atoms with Crippen LogP contribution in [-0.2, 0) is 0 Å². The van der Waals surface area contributed by atoms with Gasteiger partial charge in [0.25, 0.3) is 0 Å². The monoisotopic (exact) mass is 196 g/mol. The van der Waals surface area contributed by atoms with Crippen molar-refractivity contribution in [3.63, 3.8) is 0 Å². The Morgan fingerprint density at radius 2 is 1.91 bits per heavy atom. The SMILES string of the molecule is NCCSSCCNB(O)O. The smallest absolute Gasteiger partial charge is 0.413 e. The summed E-state index contributed by atoms with van der Waals surface area (Å²) >= 11 is 0. The maximum absolute atomic E-state index is 8.36. The van der Waals surface area contributed by atoms with Gasteiger partial charge in [0.15, 0.2) is 0 Å². The standard InChI is InChI=1S/C4H13BN2O2S2/c6-1-3-10-11-4-2-7-5(8)9/h7-9H,1-4,6H2. The number of hydrogen-bond acceptors (Lipinski definition) is 6. The van der Waals surface area contributed by atoms with Gasteiger partial charge in [-0.05, 0) is 6.54 Å². The van der Waals surface area contributed by atoms with Crippen LogP contribution in [0.1, 0.15) is 0 Å². The highest BCUT2D eigenvalue weighted by Crippen LogP contribution is 2.18. The van der Waals surface area contributed by atoms with E-state index in [2.05, 4.69) is 5.23 Å². The summed E-state index contributed by atoms with van der Waals surface area (Å²) in [6, 6.07) is 0. The number of rotatable bonds is 7. The fourth-order valence-electron chi connectivity index (χ4n) is 0.396. The van der Waals surface area contributed by atoms with Crippen molar-refractivity contribution in [3.05, 3.63) is 0 Å². The van der Waals surface area contributed by atoms with E-state index in [1.54, 1.807) is 21.6 Å². The van der Waals surface area contributed by atoms with E-state index in [4.69, 9.17) is 15.8 Å². The lowest BCUT2D eigenvalue weighted by Crippen LogP contribution is -2.35. The van der Waals surface area contributed by atoms with Crippen LogP contribution in [0.5, 0.6) is 0 Å². The molecular formula is C4H13BN2O2S2. The average molecular weight is 196 g/mol. The third-order valence-corrected chi connectivity index (χ3v) is 3.24. The highest BCUT2D eigenvalue weighted by Gasteiger charge is 2.03. The van der Waals surface area contributed by atoms with E-state index in [1.807, 2.05) is 0 Å². The molecule has 4 nitrogen and oxygen atoms in total. The third kappa shape index (κ3) is 10.6. The van der Waals surface area contributed by atoms with E-state index >= 15 is 0 Å². The molecule has 5 N–H and O–H groups in total. The summed E-state index contributed by atoms with van der Waals surface area (Å²) in [5.74, 6) is 1.79. The first kappa shape index (κ1) is 11.6. The van der Waals surface area contributed by atoms with E-state index in [1.165, 1.54) is 0 Å². The molecule has 0 unspecified atom stereocenters. The normalized spacial score (nSPS) is 10.1. The Morgan fingerprint density at radius 3 is 2.45 bits per heavy atom. The summed E-state index contributed by atoms with van der Waals surface area (Å²) in [4.78, 5) is 0. The quantitative estimate of drug-likeness (QED) is 0.235. The van der Waals surface area contributed by atoms with Gasteiger partial charge in [0.05, 0.1) is 0 Å². The zero-order valence-electron chi connectivity index (χ0n) is 6.19. The topological polar surface area (TPSA) is 78.5 Å². The van der Waals surface area contributed by atoms with Crippen LogP contribution in [0.25, 0.3) is 0 Å². The van der Waals surface area contributed by atoms with E-state index in [0.717, 1.165) is 11.5 Å². The molecule has 66 valence electrons. The lowest BCUT2D eigenvalue weighted by Gasteiger charge is -2.01. The van der Waals surface area contributed by atoms with Crippen LogP contribution < -0.4 is 11.0 Å². The van der Waals surface area contributed by atoms with Crippen LogP contribution in [0.4, 0.5) is 0 Å². The van der Waals surface area contributed by atoms with Crippen molar-refractivity contribution in [2.45, 2.75) is 0 Å². The minimum absolute atomic E-state index is 0.597. The molecule has 0 bridgehead atoms. The molecule has 0 aliphatic carbocycles. The average Bonchev–Trinajstić information content (AvgIpc) is 1.96. The second-order valence-corrected chi connectivity index (χ2v) is 4.46. The summed E-state index contributed by atoms with van der Waals surface area (Å²) in [7, 11) is 1.97. The molecule has 0 aliphatic heterocycles. The summed E-state index contributed by atoms with van der Waals surface area (Å²) in [6.45, 7) is 1.29. The van der Waals surface area contributed by atoms with Crippen LogP contribution >= 0.6 is 21.6 Å². The Balaban J connectivity index is 2.80. The summed E-state index contributed by atoms with van der Waals surface area (Å²) in [6.07, 6.45) is 0. The lowest BCUT2D eigenvalue weighted by atomic mass is 10.1. The third-order valence-electron chi connectivity index (χ3n) is 0.797. The second kappa shape index (κ2) is 8.70. The summed E-state index contributed by atoms with van der Waals surface area (Å²) in [5, 5.41) is 19.2. The zero-order valence-corrected chi connectivity index (χ0v) is 7.83. The second-order valence-electron chi connectivity index (χ2n) is 1.76.